The molecular weight excluding hydrogens is 254 g/mol. The number of primary sulfonamides is 1. The van der Waals surface area contributed by atoms with E-state index in [1.54, 1.807) is 19.2 Å². The quantitative estimate of drug-likeness (QED) is 0.713. The van der Waals surface area contributed by atoms with Gasteiger partial charge in [-0.25, -0.2) is 13.6 Å². The maximum absolute atomic E-state index is 11.1. The first-order valence-electron chi connectivity index (χ1n) is 5.56. The van der Waals surface area contributed by atoms with Crippen molar-refractivity contribution < 1.29 is 13.2 Å². The summed E-state index contributed by atoms with van der Waals surface area (Å²) in [6.45, 7) is 2.47. The number of benzene rings is 1. The van der Waals surface area contributed by atoms with E-state index in [1.807, 2.05) is 4.90 Å². The van der Waals surface area contributed by atoms with Gasteiger partial charge in [0, 0.05) is 32.4 Å². The number of hydrogen-bond acceptors (Lipinski definition) is 5. The summed E-state index contributed by atoms with van der Waals surface area (Å²) in [5, 5.41) is 5.04. The topological polar surface area (TPSA) is 98.7 Å². The van der Waals surface area contributed by atoms with Gasteiger partial charge >= 0.3 is 0 Å². The molecule has 102 valence electrons. The Morgan fingerprint density at radius 2 is 1.83 bits per heavy atom. The zero-order chi connectivity index (χ0) is 13.6. The van der Waals surface area contributed by atoms with Gasteiger partial charge in [0.15, 0.2) is 0 Å². The van der Waals surface area contributed by atoms with Crippen LogP contribution in [0.25, 0.3) is 0 Å². The van der Waals surface area contributed by atoms with Crippen LogP contribution in [0.4, 0.5) is 5.69 Å². The summed E-state index contributed by atoms with van der Waals surface area (Å²) in [4.78, 5) is 2.13. The molecule has 1 aromatic rings. The highest BCUT2D eigenvalue weighted by atomic mass is 32.2. The fourth-order valence-corrected chi connectivity index (χ4v) is 2.09. The number of hydrogen-bond donors (Lipinski definition) is 2. The van der Waals surface area contributed by atoms with Crippen LogP contribution >= 0.6 is 0 Å². The van der Waals surface area contributed by atoms with E-state index in [9.17, 15) is 8.42 Å². The van der Waals surface area contributed by atoms with E-state index in [1.165, 1.54) is 12.1 Å². The van der Waals surface area contributed by atoms with Crippen molar-refractivity contribution in [3.63, 3.8) is 0 Å². The van der Waals surface area contributed by atoms with Gasteiger partial charge in [0.2, 0.25) is 10.0 Å². The van der Waals surface area contributed by atoms with Crippen molar-refractivity contribution >= 4 is 15.7 Å². The Kier molecular flexibility index (Phi) is 5.54. The Bertz CT molecular complexity index is 459. The molecular formula is C11H19N3O3S. The van der Waals surface area contributed by atoms with Gasteiger partial charge < -0.3 is 15.4 Å². The van der Waals surface area contributed by atoms with E-state index in [0.717, 1.165) is 5.69 Å². The van der Waals surface area contributed by atoms with Gasteiger partial charge in [-0.15, -0.1) is 0 Å². The first-order valence-corrected chi connectivity index (χ1v) is 7.10. The maximum atomic E-state index is 11.1. The zero-order valence-electron chi connectivity index (χ0n) is 10.4. The van der Waals surface area contributed by atoms with Crippen LogP contribution in [-0.4, -0.2) is 41.8 Å². The first kappa shape index (κ1) is 14.9. The lowest BCUT2D eigenvalue weighted by Crippen LogP contribution is -2.32. The highest BCUT2D eigenvalue weighted by Crippen LogP contribution is 2.16. The van der Waals surface area contributed by atoms with Crippen LogP contribution in [0.3, 0.4) is 0 Å². The number of sulfonamides is 1. The molecule has 0 amide bonds. The highest BCUT2D eigenvalue weighted by molar-refractivity contribution is 7.89. The molecule has 18 heavy (non-hydrogen) atoms. The molecule has 0 aliphatic rings. The van der Waals surface area contributed by atoms with Crippen LogP contribution in [-0.2, 0) is 14.8 Å². The lowest BCUT2D eigenvalue weighted by Gasteiger charge is -2.23. The van der Waals surface area contributed by atoms with Crippen molar-refractivity contribution in [3.8, 4) is 0 Å². The summed E-state index contributed by atoms with van der Waals surface area (Å²) >= 11 is 0. The van der Waals surface area contributed by atoms with Gasteiger partial charge in [-0.05, 0) is 24.3 Å². The smallest absolute Gasteiger partial charge is 0.238 e. The van der Waals surface area contributed by atoms with Gasteiger partial charge in [-0.1, -0.05) is 0 Å². The normalized spacial score (nSPS) is 11.5. The molecule has 4 N–H and O–H groups in total. The molecule has 0 atom stereocenters. The average molecular weight is 273 g/mol. The second-order valence-electron chi connectivity index (χ2n) is 3.81. The second-order valence-corrected chi connectivity index (χ2v) is 5.37. The third-order valence-electron chi connectivity index (χ3n) is 2.49. The molecule has 1 aromatic carbocycles. The van der Waals surface area contributed by atoms with E-state index in [-0.39, 0.29) is 4.90 Å². The molecule has 0 spiro atoms. The van der Waals surface area contributed by atoms with Crippen LogP contribution in [0.1, 0.15) is 0 Å². The van der Waals surface area contributed by atoms with Crippen molar-refractivity contribution in [2.75, 3.05) is 38.3 Å². The third kappa shape index (κ3) is 4.26. The second kappa shape index (κ2) is 6.69. The molecule has 0 saturated carbocycles. The molecule has 0 heterocycles. The van der Waals surface area contributed by atoms with Gasteiger partial charge in [0.25, 0.3) is 0 Å². The Balaban J connectivity index is 2.86. The Labute approximate surface area is 108 Å². The minimum Gasteiger partial charge on any atom is -0.383 e. The molecule has 1 rings (SSSR count). The van der Waals surface area contributed by atoms with Crippen LogP contribution in [0, 0.1) is 0 Å². The summed E-state index contributed by atoms with van der Waals surface area (Å²) in [6.07, 6.45) is 0. The lowest BCUT2D eigenvalue weighted by atomic mass is 10.3. The standard InChI is InChI=1S/C11H19N3O3S/c1-17-9-8-14(7-6-12)10-2-4-11(5-3-10)18(13,15)16/h2-5H,6-9,12H2,1H3,(H2,13,15,16). The predicted octanol–water partition coefficient (Wildman–Crippen LogP) is -0.254. The number of nitrogens with two attached hydrogens (primary N) is 2. The van der Waals surface area contributed by atoms with Gasteiger partial charge in [-0.2, -0.15) is 0 Å². The van der Waals surface area contributed by atoms with E-state index in [0.29, 0.717) is 26.2 Å². The monoisotopic (exact) mass is 273 g/mol. The fraction of sp³-hybridized carbons (Fsp3) is 0.455. The van der Waals surface area contributed by atoms with Crippen molar-refractivity contribution in [1.29, 1.82) is 0 Å². The molecule has 7 heteroatoms. The predicted molar refractivity (Wildman–Crippen MR) is 71.0 cm³/mol. The number of methoxy groups -OCH3 is 1. The molecule has 0 aliphatic carbocycles. The van der Waals surface area contributed by atoms with Crippen LogP contribution < -0.4 is 15.8 Å². The molecule has 6 nitrogen and oxygen atoms in total. The number of anilines is 1. The van der Waals surface area contributed by atoms with Crippen molar-refractivity contribution in [1.82, 2.24) is 0 Å². The van der Waals surface area contributed by atoms with E-state index >= 15 is 0 Å². The van der Waals surface area contributed by atoms with Crippen LogP contribution in [0.15, 0.2) is 29.2 Å². The molecule has 0 bridgehead atoms. The molecule has 0 unspecified atom stereocenters. The van der Waals surface area contributed by atoms with Gasteiger partial charge in [-0.3, -0.25) is 0 Å². The maximum Gasteiger partial charge on any atom is 0.238 e. The zero-order valence-corrected chi connectivity index (χ0v) is 11.2. The van der Waals surface area contributed by atoms with Crippen molar-refractivity contribution in [3.05, 3.63) is 24.3 Å². The molecule has 0 saturated heterocycles. The van der Waals surface area contributed by atoms with E-state index in [4.69, 9.17) is 15.6 Å². The minimum atomic E-state index is -3.64. The molecule has 0 fully saturated rings. The van der Waals surface area contributed by atoms with E-state index in [2.05, 4.69) is 0 Å². The molecule has 0 radical (unpaired) electrons. The highest BCUT2D eigenvalue weighted by Gasteiger charge is 2.09. The summed E-state index contributed by atoms with van der Waals surface area (Å²) in [6, 6.07) is 6.40. The summed E-state index contributed by atoms with van der Waals surface area (Å²) in [5.74, 6) is 0. The van der Waals surface area contributed by atoms with Crippen molar-refractivity contribution in [2.45, 2.75) is 4.90 Å². The van der Waals surface area contributed by atoms with Crippen molar-refractivity contribution in [2.24, 2.45) is 10.9 Å². The van der Waals surface area contributed by atoms with Gasteiger partial charge in [0.05, 0.1) is 11.5 Å². The largest absolute Gasteiger partial charge is 0.383 e. The lowest BCUT2D eigenvalue weighted by molar-refractivity contribution is 0.205. The first-order chi connectivity index (χ1) is 8.49. The van der Waals surface area contributed by atoms with E-state index < -0.39 is 10.0 Å². The Morgan fingerprint density at radius 3 is 2.28 bits per heavy atom. The number of ether oxygens (including phenoxy) is 1. The summed E-state index contributed by atoms with van der Waals surface area (Å²) in [7, 11) is -2.01. The molecule has 0 aliphatic heterocycles. The number of rotatable bonds is 7. The minimum absolute atomic E-state index is 0.102. The van der Waals surface area contributed by atoms with Crippen LogP contribution in [0.5, 0.6) is 0 Å². The van der Waals surface area contributed by atoms with Crippen LogP contribution in [0.2, 0.25) is 0 Å². The number of nitrogens with zero attached hydrogens (tertiary/aromatic N) is 1. The van der Waals surface area contributed by atoms with Gasteiger partial charge in [0.1, 0.15) is 0 Å². The third-order valence-corrected chi connectivity index (χ3v) is 3.42. The Hall–Kier alpha value is -1.15. The average Bonchev–Trinajstić information content (AvgIpc) is 2.33. The SMILES string of the molecule is COCCN(CCN)c1ccc(S(N)(=O)=O)cc1. The summed E-state index contributed by atoms with van der Waals surface area (Å²) < 4.78 is 27.3. The fourth-order valence-electron chi connectivity index (χ4n) is 1.57. The Morgan fingerprint density at radius 1 is 1.22 bits per heavy atom. The molecule has 0 aromatic heterocycles. The summed E-state index contributed by atoms with van der Waals surface area (Å²) in [5.41, 5.74) is 6.43.